The lowest BCUT2D eigenvalue weighted by atomic mass is 10.2. The van der Waals surface area contributed by atoms with E-state index in [0.29, 0.717) is 11.3 Å². The van der Waals surface area contributed by atoms with Crippen LogP contribution in [-0.2, 0) is 0 Å². The Balaban J connectivity index is 2.55. The second-order valence-electron chi connectivity index (χ2n) is 4.01. The number of hydrogen-bond acceptors (Lipinski definition) is 5. The molecule has 1 heterocycles. The summed E-state index contributed by atoms with van der Waals surface area (Å²) in [6, 6.07) is 5.29. The van der Waals surface area contributed by atoms with Crippen LogP contribution in [0.5, 0.6) is 0 Å². The van der Waals surface area contributed by atoms with Crippen LogP contribution in [-0.4, -0.2) is 25.8 Å². The number of aromatic nitrogens is 2. The molecule has 1 aromatic heterocycles. The molecule has 0 saturated heterocycles. The molecular weight excluding hydrogens is 266 g/mol. The van der Waals surface area contributed by atoms with E-state index < -0.39 is 22.0 Å². The average molecular weight is 275 g/mol. The van der Waals surface area contributed by atoms with E-state index in [2.05, 4.69) is 5.10 Å². The Bertz CT molecular complexity index is 766. The summed E-state index contributed by atoms with van der Waals surface area (Å²) >= 11 is 0. The molecular formula is C12H9N3O5. The number of carboxylic acid groups (broad SMARTS) is 1. The molecule has 2 rings (SSSR count). The van der Waals surface area contributed by atoms with Crippen LogP contribution in [0.4, 0.5) is 5.69 Å². The highest BCUT2D eigenvalue weighted by molar-refractivity contribution is 5.84. The first kappa shape index (κ1) is 13.4. The number of nitro groups is 1. The molecule has 0 spiro atoms. The molecule has 102 valence electrons. The van der Waals surface area contributed by atoms with Gasteiger partial charge in [-0.15, -0.1) is 0 Å². The van der Waals surface area contributed by atoms with Gasteiger partial charge in [0.15, 0.2) is 0 Å². The SMILES string of the molecule is Cc1cc(-n2ccc(=O)c(C(=O)O)n2)ccc1[N+](=O)[O-]. The summed E-state index contributed by atoms with van der Waals surface area (Å²) in [5.41, 5.74) is -0.524. The number of nitro benzene ring substituents is 1. The molecule has 0 atom stereocenters. The molecule has 0 amide bonds. The minimum absolute atomic E-state index is 0.0479. The van der Waals surface area contributed by atoms with Gasteiger partial charge in [-0.25, -0.2) is 9.48 Å². The zero-order valence-corrected chi connectivity index (χ0v) is 10.3. The van der Waals surface area contributed by atoms with Gasteiger partial charge in [0.25, 0.3) is 5.69 Å². The first-order chi connectivity index (χ1) is 9.40. The van der Waals surface area contributed by atoms with Gasteiger partial charge in [-0.05, 0) is 19.1 Å². The average Bonchev–Trinajstić information content (AvgIpc) is 2.38. The molecule has 0 unspecified atom stereocenters. The maximum Gasteiger partial charge on any atom is 0.360 e. The maximum atomic E-state index is 11.3. The van der Waals surface area contributed by atoms with E-state index in [4.69, 9.17) is 5.11 Å². The van der Waals surface area contributed by atoms with Crippen molar-refractivity contribution in [2.75, 3.05) is 0 Å². The van der Waals surface area contributed by atoms with Gasteiger partial charge in [0, 0.05) is 23.9 Å². The number of benzene rings is 1. The lowest BCUT2D eigenvalue weighted by Crippen LogP contribution is -2.20. The van der Waals surface area contributed by atoms with Crippen LogP contribution in [0.2, 0.25) is 0 Å². The van der Waals surface area contributed by atoms with Gasteiger partial charge in [-0.1, -0.05) is 0 Å². The topological polar surface area (TPSA) is 115 Å². The molecule has 0 bridgehead atoms. The van der Waals surface area contributed by atoms with E-state index in [1.807, 2.05) is 0 Å². The monoisotopic (exact) mass is 275 g/mol. The summed E-state index contributed by atoms with van der Waals surface area (Å²) in [4.78, 5) is 32.4. The third-order valence-electron chi connectivity index (χ3n) is 2.65. The molecule has 0 saturated carbocycles. The van der Waals surface area contributed by atoms with Crippen LogP contribution in [0, 0.1) is 17.0 Å². The smallest absolute Gasteiger partial charge is 0.360 e. The molecule has 2 aromatic rings. The molecule has 20 heavy (non-hydrogen) atoms. The van der Waals surface area contributed by atoms with Crippen molar-refractivity contribution in [3.8, 4) is 5.69 Å². The summed E-state index contributed by atoms with van der Waals surface area (Å²) in [6.07, 6.45) is 1.30. The Kier molecular flexibility index (Phi) is 3.30. The zero-order valence-electron chi connectivity index (χ0n) is 10.3. The quantitative estimate of drug-likeness (QED) is 0.663. The second kappa shape index (κ2) is 4.92. The van der Waals surface area contributed by atoms with Gasteiger partial charge in [0.05, 0.1) is 10.6 Å². The van der Waals surface area contributed by atoms with Crippen molar-refractivity contribution in [1.29, 1.82) is 0 Å². The standard InChI is InChI=1S/C12H9N3O5/c1-7-6-8(2-3-9(7)15(19)20)14-5-4-10(16)11(13-14)12(17)18/h2-6H,1H3,(H,17,18). The third kappa shape index (κ3) is 2.39. The number of aryl methyl sites for hydroxylation is 1. The van der Waals surface area contributed by atoms with E-state index in [-0.39, 0.29) is 5.69 Å². The second-order valence-corrected chi connectivity index (χ2v) is 4.01. The molecule has 0 aliphatic heterocycles. The van der Waals surface area contributed by atoms with Crippen molar-refractivity contribution in [3.63, 3.8) is 0 Å². The van der Waals surface area contributed by atoms with Crippen molar-refractivity contribution in [3.05, 3.63) is 62.1 Å². The highest BCUT2D eigenvalue weighted by Crippen LogP contribution is 2.20. The fraction of sp³-hybridized carbons (Fsp3) is 0.0833. The number of carboxylic acids is 1. The van der Waals surface area contributed by atoms with Gasteiger partial charge >= 0.3 is 5.97 Å². The largest absolute Gasteiger partial charge is 0.476 e. The van der Waals surface area contributed by atoms with E-state index in [1.165, 1.54) is 29.1 Å². The lowest BCUT2D eigenvalue weighted by Gasteiger charge is -2.06. The van der Waals surface area contributed by atoms with Crippen LogP contribution in [0.3, 0.4) is 0 Å². The van der Waals surface area contributed by atoms with Crippen LogP contribution in [0.1, 0.15) is 16.1 Å². The Morgan fingerprint density at radius 1 is 1.40 bits per heavy atom. The molecule has 8 nitrogen and oxygen atoms in total. The molecule has 0 radical (unpaired) electrons. The lowest BCUT2D eigenvalue weighted by molar-refractivity contribution is -0.385. The van der Waals surface area contributed by atoms with Gasteiger partial charge in [-0.3, -0.25) is 14.9 Å². The predicted molar refractivity (Wildman–Crippen MR) is 68.2 cm³/mol. The minimum Gasteiger partial charge on any atom is -0.476 e. The molecule has 0 fully saturated rings. The molecule has 1 N–H and O–H groups in total. The van der Waals surface area contributed by atoms with E-state index in [0.717, 1.165) is 6.07 Å². The summed E-state index contributed by atoms with van der Waals surface area (Å²) in [6.45, 7) is 1.56. The number of nitrogens with zero attached hydrogens (tertiary/aromatic N) is 3. The normalized spacial score (nSPS) is 10.2. The summed E-state index contributed by atoms with van der Waals surface area (Å²) in [5, 5.41) is 23.3. The summed E-state index contributed by atoms with van der Waals surface area (Å²) in [5.74, 6) is -1.43. The van der Waals surface area contributed by atoms with Crippen molar-refractivity contribution in [2.24, 2.45) is 0 Å². The number of aromatic carboxylic acids is 1. The van der Waals surface area contributed by atoms with Gasteiger partial charge in [0.1, 0.15) is 0 Å². The van der Waals surface area contributed by atoms with E-state index >= 15 is 0 Å². The Morgan fingerprint density at radius 3 is 2.65 bits per heavy atom. The highest BCUT2D eigenvalue weighted by Gasteiger charge is 2.14. The zero-order chi connectivity index (χ0) is 14.9. The minimum atomic E-state index is -1.43. The Labute approximate surface area is 112 Å². The van der Waals surface area contributed by atoms with Crippen molar-refractivity contribution in [2.45, 2.75) is 6.92 Å². The Hall–Kier alpha value is -3.03. The van der Waals surface area contributed by atoms with Crippen LogP contribution in [0.15, 0.2) is 35.3 Å². The highest BCUT2D eigenvalue weighted by atomic mass is 16.6. The molecule has 8 heteroatoms. The fourth-order valence-corrected chi connectivity index (χ4v) is 1.69. The summed E-state index contributed by atoms with van der Waals surface area (Å²) in [7, 11) is 0. The van der Waals surface area contributed by atoms with Gasteiger partial charge < -0.3 is 5.11 Å². The number of hydrogen-bond donors (Lipinski definition) is 1. The third-order valence-corrected chi connectivity index (χ3v) is 2.65. The van der Waals surface area contributed by atoms with Crippen LogP contribution in [0.25, 0.3) is 5.69 Å². The van der Waals surface area contributed by atoms with E-state index in [9.17, 15) is 19.7 Å². The summed E-state index contributed by atoms with van der Waals surface area (Å²) < 4.78 is 1.18. The van der Waals surface area contributed by atoms with Crippen molar-refractivity contribution >= 4 is 11.7 Å². The first-order valence-corrected chi connectivity index (χ1v) is 5.49. The number of carbonyl (C=O) groups is 1. The van der Waals surface area contributed by atoms with Crippen molar-refractivity contribution in [1.82, 2.24) is 9.78 Å². The molecule has 1 aromatic carbocycles. The van der Waals surface area contributed by atoms with Gasteiger partial charge in [-0.2, -0.15) is 5.10 Å². The van der Waals surface area contributed by atoms with Crippen LogP contribution < -0.4 is 5.43 Å². The number of rotatable bonds is 3. The van der Waals surface area contributed by atoms with Crippen LogP contribution >= 0.6 is 0 Å². The Morgan fingerprint density at radius 2 is 2.10 bits per heavy atom. The van der Waals surface area contributed by atoms with Crippen molar-refractivity contribution < 1.29 is 14.8 Å². The molecule has 0 aliphatic rings. The predicted octanol–water partition coefficient (Wildman–Crippen LogP) is 1.15. The fourth-order valence-electron chi connectivity index (χ4n) is 1.69. The first-order valence-electron chi connectivity index (χ1n) is 5.49. The van der Waals surface area contributed by atoms with E-state index in [1.54, 1.807) is 6.92 Å². The van der Waals surface area contributed by atoms with Gasteiger partial charge in [0.2, 0.25) is 11.1 Å². The maximum absolute atomic E-state index is 11.3. The molecule has 0 aliphatic carbocycles.